The fourth-order valence-electron chi connectivity index (χ4n) is 2.72. The molecule has 2 unspecified atom stereocenters. The standard InChI is InChI=1S/C15H23NO/c1-12-4-2-7-15(8-12)16-10-13-5-3-6-14(9-13)11-17/h3,5-6,9,12,15-17H,2,4,7-8,10-11H2,1H3. The second-order valence-electron chi connectivity index (χ2n) is 5.33. The van der Waals surface area contributed by atoms with Crippen molar-refractivity contribution in [3.63, 3.8) is 0 Å². The highest BCUT2D eigenvalue weighted by Gasteiger charge is 2.17. The van der Waals surface area contributed by atoms with Crippen molar-refractivity contribution in [2.75, 3.05) is 0 Å². The Morgan fingerprint density at radius 2 is 2.12 bits per heavy atom. The molecule has 0 bridgehead atoms. The van der Waals surface area contributed by atoms with Gasteiger partial charge in [0.15, 0.2) is 0 Å². The predicted molar refractivity (Wildman–Crippen MR) is 70.6 cm³/mol. The summed E-state index contributed by atoms with van der Waals surface area (Å²) >= 11 is 0. The Hall–Kier alpha value is -0.860. The zero-order chi connectivity index (χ0) is 12.1. The number of hydrogen-bond donors (Lipinski definition) is 2. The van der Waals surface area contributed by atoms with Gasteiger partial charge in [-0.05, 0) is 29.9 Å². The Balaban J connectivity index is 1.84. The van der Waals surface area contributed by atoms with Crippen molar-refractivity contribution in [1.29, 1.82) is 0 Å². The molecule has 2 N–H and O–H groups in total. The van der Waals surface area contributed by atoms with E-state index in [-0.39, 0.29) is 6.61 Å². The normalized spacial score (nSPS) is 24.8. The van der Waals surface area contributed by atoms with Gasteiger partial charge in [0, 0.05) is 12.6 Å². The molecule has 1 aromatic rings. The summed E-state index contributed by atoms with van der Waals surface area (Å²) in [6.07, 6.45) is 5.36. The third-order valence-corrected chi connectivity index (χ3v) is 3.71. The summed E-state index contributed by atoms with van der Waals surface area (Å²) in [5.74, 6) is 0.866. The van der Waals surface area contributed by atoms with Crippen LogP contribution >= 0.6 is 0 Å². The van der Waals surface area contributed by atoms with E-state index >= 15 is 0 Å². The minimum absolute atomic E-state index is 0.133. The van der Waals surface area contributed by atoms with E-state index in [4.69, 9.17) is 5.11 Å². The molecule has 1 aromatic carbocycles. The Morgan fingerprint density at radius 3 is 2.88 bits per heavy atom. The molecule has 2 heteroatoms. The third kappa shape index (κ3) is 3.83. The highest BCUT2D eigenvalue weighted by molar-refractivity contribution is 5.22. The van der Waals surface area contributed by atoms with Crippen molar-refractivity contribution < 1.29 is 5.11 Å². The fraction of sp³-hybridized carbons (Fsp3) is 0.600. The number of benzene rings is 1. The maximum absolute atomic E-state index is 9.09. The Morgan fingerprint density at radius 1 is 1.29 bits per heavy atom. The van der Waals surface area contributed by atoms with Crippen LogP contribution in [0.5, 0.6) is 0 Å². The topological polar surface area (TPSA) is 32.3 Å². The molecule has 2 rings (SSSR count). The summed E-state index contributed by atoms with van der Waals surface area (Å²) in [5, 5.41) is 12.7. The lowest BCUT2D eigenvalue weighted by atomic mass is 9.87. The van der Waals surface area contributed by atoms with E-state index in [2.05, 4.69) is 24.4 Å². The van der Waals surface area contributed by atoms with E-state index < -0.39 is 0 Å². The molecule has 0 heterocycles. The minimum Gasteiger partial charge on any atom is -0.392 e. The second-order valence-corrected chi connectivity index (χ2v) is 5.33. The zero-order valence-electron chi connectivity index (χ0n) is 10.7. The summed E-state index contributed by atoms with van der Waals surface area (Å²) in [6, 6.07) is 8.87. The van der Waals surface area contributed by atoms with E-state index in [0.717, 1.165) is 18.0 Å². The lowest BCUT2D eigenvalue weighted by Crippen LogP contribution is -2.33. The zero-order valence-corrected chi connectivity index (χ0v) is 10.7. The van der Waals surface area contributed by atoms with E-state index in [9.17, 15) is 0 Å². The van der Waals surface area contributed by atoms with Gasteiger partial charge in [-0.25, -0.2) is 0 Å². The van der Waals surface area contributed by atoms with Crippen molar-refractivity contribution >= 4 is 0 Å². The number of rotatable bonds is 4. The van der Waals surface area contributed by atoms with Crippen LogP contribution in [-0.4, -0.2) is 11.1 Å². The lowest BCUT2D eigenvalue weighted by Gasteiger charge is -2.27. The molecule has 94 valence electrons. The Labute approximate surface area is 104 Å². The lowest BCUT2D eigenvalue weighted by molar-refractivity contribution is 0.281. The largest absolute Gasteiger partial charge is 0.392 e. The molecule has 2 nitrogen and oxygen atoms in total. The number of hydrogen-bond acceptors (Lipinski definition) is 2. The Kier molecular flexibility index (Phi) is 4.57. The van der Waals surface area contributed by atoms with Crippen LogP contribution in [0.15, 0.2) is 24.3 Å². The second kappa shape index (κ2) is 6.18. The molecule has 0 aromatic heterocycles. The molecule has 0 radical (unpaired) electrons. The summed E-state index contributed by atoms with van der Waals surface area (Å²) < 4.78 is 0. The van der Waals surface area contributed by atoms with Gasteiger partial charge in [-0.2, -0.15) is 0 Å². The minimum atomic E-state index is 0.133. The van der Waals surface area contributed by atoms with Gasteiger partial charge < -0.3 is 10.4 Å². The molecule has 17 heavy (non-hydrogen) atoms. The van der Waals surface area contributed by atoms with E-state index in [1.807, 2.05) is 12.1 Å². The van der Waals surface area contributed by atoms with E-state index in [0.29, 0.717) is 6.04 Å². The van der Waals surface area contributed by atoms with Crippen molar-refractivity contribution in [1.82, 2.24) is 5.32 Å². The smallest absolute Gasteiger partial charge is 0.0681 e. The van der Waals surface area contributed by atoms with Crippen molar-refractivity contribution in [2.24, 2.45) is 5.92 Å². The molecule has 0 aliphatic heterocycles. The number of aliphatic hydroxyl groups is 1. The number of aliphatic hydroxyl groups excluding tert-OH is 1. The van der Waals surface area contributed by atoms with Crippen molar-refractivity contribution in [3.05, 3.63) is 35.4 Å². The van der Waals surface area contributed by atoms with Crippen LogP contribution < -0.4 is 5.32 Å². The van der Waals surface area contributed by atoms with Crippen molar-refractivity contribution in [3.8, 4) is 0 Å². The Bertz CT molecular complexity index is 351. The van der Waals surface area contributed by atoms with Gasteiger partial charge in [0.25, 0.3) is 0 Å². The summed E-state index contributed by atoms with van der Waals surface area (Å²) in [4.78, 5) is 0. The summed E-state index contributed by atoms with van der Waals surface area (Å²) in [6.45, 7) is 3.40. The van der Waals surface area contributed by atoms with Crippen LogP contribution in [0.1, 0.15) is 43.7 Å². The highest BCUT2D eigenvalue weighted by Crippen LogP contribution is 2.23. The van der Waals surface area contributed by atoms with Gasteiger partial charge in [0.1, 0.15) is 0 Å². The summed E-state index contributed by atoms with van der Waals surface area (Å²) in [5.41, 5.74) is 2.27. The molecule has 1 aliphatic rings. The van der Waals surface area contributed by atoms with Gasteiger partial charge in [-0.15, -0.1) is 0 Å². The average molecular weight is 233 g/mol. The van der Waals surface area contributed by atoms with Crippen LogP contribution in [0.2, 0.25) is 0 Å². The summed E-state index contributed by atoms with van der Waals surface area (Å²) in [7, 11) is 0. The molecule has 1 fully saturated rings. The highest BCUT2D eigenvalue weighted by atomic mass is 16.3. The van der Waals surface area contributed by atoms with Gasteiger partial charge in [0.2, 0.25) is 0 Å². The SMILES string of the molecule is CC1CCCC(NCc2cccc(CO)c2)C1. The first kappa shape index (κ1) is 12.6. The molecule has 0 amide bonds. The molecular weight excluding hydrogens is 210 g/mol. The fourth-order valence-corrected chi connectivity index (χ4v) is 2.72. The van der Waals surface area contributed by atoms with E-state index in [1.54, 1.807) is 0 Å². The first-order valence-corrected chi connectivity index (χ1v) is 6.70. The first-order chi connectivity index (χ1) is 8.28. The van der Waals surface area contributed by atoms with Gasteiger partial charge in [-0.3, -0.25) is 0 Å². The maximum atomic E-state index is 9.09. The molecule has 2 atom stereocenters. The predicted octanol–water partition coefficient (Wildman–Crippen LogP) is 2.85. The molecule has 1 saturated carbocycles. The van der Waals surface area contributed by atoms with Crippen LogP contribution in [-0.2, 0) is 13.2 Å². The molecular formula is C15H23NO. The van der Waals surface area contributed by atoms with Crippen LogP contribution in [0.3, 0.4) is 0 Å². The molecule has 0 spiro atoms. The van der Waals surface area contributed by atoms with Crippen LogP contribution in [0.4, 0.5) is 0 Å². The average Bonchev–Trinajstić information content (AvgIpc) is 2.37. The molecule has 1 aliphatic carbocycles. The van der Waals surface area contributed by atoms with Gasteiger partial charge >= 0.3 is 0 Å². The quantitative estimate of drug-likeness (QED) is 0.838. The first-order valence-electron chi connectivity index (χ1n) is 6.70. The maximum Gasteiger partial charge on any atom is 0.0681 e. The van der Waals surface area contributed by atoms with Gasteiger partial charge in [-0.1, -0.05) is 44.0 Å². The van der Waals surface area contributed by atoms with Crippen molar-refractivity contribution in [2.45, 2.75) is 51.8 Å². The van der Waals surface area contributed by atoms with Crippen LogP contribution in [0.25, 0.3) is 0 Å². The monoisotopic (exact) mass is 233 g/mol. The molecule has 0 saturated heterocycles. The van der Waals surface area contributed by atoms with E-state index in [1.165, 1.54) is 31.2 Å². The third-order valence-electron chi connectivity index (χ3n) is 3.71. The number of nitrogens with one attached hydrogen (secondary N) is 1. The van der Waals surface area contributed by atoms with Gasteiger partial charge in [0.05, 0.1) is 6.61 Å². The van der Waals surface area contributed by atoms with Crippen LogP contribution in [0, 0.1) is 5.92 Å².